The summed E-state index contributed by atoms with van der Waals surface area (Å²) in [6.07, 6.45) is 0.0210. The molecule has 6 nitrogen and oxygen atoms in total. The third kappa shape index (κ3) is 3.92. The third-order valence-corrected chi connectivity index (χ3v) is 3.62. The lowest BCUT2D eigenvalue weighted by atomic mass is 10.1. The lowest BCUT2D eigenvalue weighted by molar-refractivity contribution is -0.144. The van der Waals surface area contributed by atoms with E-state index >= 15 is 0 Å². The topological polar surface area (TPSA) is 93.8 Å². The van der Waals surface area contributed by atoms with Crippen LogP contribution in [0.5, 0.6) is 0 Å². The first-order valence-corrected chi connectivity index (χ1v) is 7.52. The smallest absolute Gasteiger partial charge is 0.351 e. The lowest BCUT2D eigenvalue weighted by Crippen LogP contribution is -2.13. The second-order valence-corrected chi connectivity index (χ2v) is 5.45. The van der Waals surface area contributed by atoms with Crippen LogP contribution in [0.3, 0.4) is 0 Å². The number of fused-ring (bicyclic) bond motifs is 1. The van der Waals surface area contributed by atoms with Gasteiger partial charge >= 0.3 is 17.6 Å². The van der Waals surface area contributed by atoms with Crippen molar-refractivity contribution in [1.82, 2.24) is 0 Å². The van der Waals surface area contributed by atoms with Gasteiger partial charge in [0.15, 0.2) is 0 Å². The molecule has 0 atom stereocenters. The monoisotopic (exact) mass is 338 g/mol. The Labute approximate surface area is 142 Å². The number of hydrogen-bond donors (Lipinski definition) is 1. The van der Waals surface area contributed by atoms with Crippen molar-refractivity contribution in [3.05, 3.63) is 81.7 Å². The highest BCUT2D eigenvalue weighted by atomic mass is 16.5. The van der Waals surface area contributed by atoms with Crippen LogP contribution in [0.15, 0.2) is 63.8 Å². The SMILES string of the molecule is O=C(Cc1ccc2cc(C(=O)O)c(=O)oc2c1)OCc1ccccc1. The highest BCUT2D eigenvalue weighted by Crippen LogP contribution is 2.16. The van der Waals surface area contributed by atoms with Gasteiger partial charge in [-0.1, -0.05) is 42.5 Å². The number of carboxylic acid groups (broad SMARTS) is 1. The Bertz CT molecular complexity index is 988. The number of carbonyl (C=O) groups is 2. The van der Waals surface area contributed by atoms with Crippen LogP contribution < -0.4 is 5.63 Å². The zero-order chi connectivity index (χ0) is 17.8. The number of ether oxygens (including phenoxy) is 1. The van der Waals surface area contributed by atoms with Gasteiger partial charge in [0, 0.05) is 5.39 Å². The molecule has 0 radical (unpaired) electrons. The standard InChI is InChI=1S/C19H14O6/c20-17(24-11-12-4-2-1-3-5-12)9-13-6-7-14-10-15(18(21)22)19(23)25-16(14)8-13/h1-8,10H,9,11H2,(H,21,22). The minimum absolute atomic E-state index is 0.0210. The minimum atomic E-state index is -1.34. The molecule has 1 aromatic heterocycles. The van der Waals surface area contributed by atoms with Crippen molar-refractivity contribution in [2.75, 3.05) is 0 Å². The van der Waals surface area contributed by atoms with Crippen molar-refractivity contribution < 1.29 is 23.8 Å². The molecule has 0 bridgehead atoms. The van der Waals surface area contributed by atoms with Gasteiger partial charge in [0.25, 0.3) is 0 Å². The number of hydrogen-bond acceptors (Lipinski definition) is 5. The van der Waals surface area contributed by atoms with Crippen molar-refractivity contribution in [2.24, 2.45) is 0 Å². The van der Waals surface area contributed by atoms with Crippen molar-refractivity contribution in [1.29, 1.82) is 0 Å². The molecule has 0 saturated heterocycles. The Morgan fingerprint density at radius 1 is 1.00 bits per heavy atom. The molecule has 126 valence electrons. The largest absolute Gasteiger partial charge is 0.477 e. The van der Waals surface area contributed by atoms with Crippen molar-refractivity contribution in [2.45, 2.75) is 13.0 Å². The van der Waals surface area contributed by atoms with E-state index in [0.29, 0.717) is 10.9 Å². The van der Waals surface area contributed by atoms with E-state index in [1.54, 1.807) is 12.1 Å². The maximum atomic E-state index is 11.9. The van der Waals surface area contributed by atoms with Gasteiger partial charge in [-0.05, 0) is 23.3 Å². The number of aromatic carboxylic acids is 1. The van der Waals surface area contributed by atoms with Gasteiger partial charge in [-0.15, -0.1) is 0 Å². The Kier molecular flexibility index (Phi) is 4.61. The van der Waals surface area contributed by atoms with Crippen LogP contribution >= 0.6 is 0 Å². The van der Waals surface area contributed by atoms with Crippen molar-refractivity contribution >= 4 is 22.9 Å². The first-order chi connectivity index (χ1) is 12.0. The average Bonchev–Trinajstić information content (AvgIpc) is 2.60. The molecular weight excluding hydrogens is 324 g/mol. The fourth-order valence-electron chi connectivity index (χ4n) is 2.37. The van der Waals surface area contributed by atoms with Crippen LogP contribution in [-0.2, 0) is 22.6 Å². The molecule has 0 aliphatic rings. The minimum Gasteiger partial charge on any atom is -0.477 e. The van der Waals surface area contributed by atoms with Crippen LogP contribution in [0, 0.1) is 0 Å². The summed E-state index contributed by atoms with van der Waals surface area (Å²) in [5, 5.41) is 9.40. The zero-order valence-corrected chi connectivity index (χ0v) is 13.1. The maximum absolute atomic E-state index is 11.9. The van der Waals surface area contributed by atoms with E-state index in [-0.39, 0.29) is 18.6 Å². The zero-order valence-electron chi connectivity index (χ0n) is 13.1. The normalized spacial score (nSPS) is 10.6. The number of rotatable bonds is 5. The molecule has 0 amide bonds. The van der Waals surface area contributed by atoms with E-state index in [2.05, 4.69) is 0 Å². The molecule has 1 N–H and O–H groups in total. The Morgan fingerprint density at radius 2 is 1.76 bits per heavy atom. The van der Waals surface area contributed by atoms with Gasteiger partial charge in [-0.25, -0.2) is 9.59 Å². The van der Waals surface area contributed by atoms with E-state index < -0.39 is 23.1 Å². The van der Waals surface area contributed by atoms with Crippen LogP contribution in [0.4, 0.5) is 0 Å². The summed E-state index contributed by atoms with van der Waals surface area (Å²) in [5.41, 5.74) is 0.369. The van der Waals surface area contributed by atoms with Gasteiger partial charge in [-0.2, -0.15) is 0 Å². The van der Waals surface area contributed by atoms with E-state index in [0.717, 1.165) is 5.56 Å². The molecule has 0 fully saturated rings. The summed E-state index contributed by atoms with van der Waals surface area (Å²) in [4.78, 5) is 34.5. The first-order valence-electron chi connectivity index (χ1n) is 7.52. The molecule has 0 saturated carbocycles. The molecule has 0 spiro atoms. The Balaban J connectivity index is 1.73. The van der Waals surface area contributed by atoms with E-state index in [9.17, 15) is 14.4 Å². The van der Waals surface area contributed by atoms with E-state index in [1.165, 1.54) is 12.1 Å². The van der Waals surface area contributed by atoms with Gasteiger partial charge < -0.3 is 14.3 Å². The van der Waals surface area contributed by atoms with Crippen LogP contribution in [0.25, 0.3) is 11.0 Å². The van der Waals surface area contributed by atoms with Crippen LogP contribution in [0.1, 0.15) is 21.5 Å². The molecule has 0 unspecified atom stereocenters. The number of carbonyl (C=O) groups excluding carboxylic acids is 1. The summed E-state index contributed by atoms with van der Waals surface area (Å²) in [5.74, 6) is -1.75. The van der Waals surface area contributed by atoms with Gasteiger partial charge in [0.1, 0.15) is 17.8 Å². The highest BCUT2D eigenvalue weighted by molar-refractivity contribution is 5.91. The fraction of sp³-hybridized carbons (Fsp3) is 0.105. The first kappa shape index (κ1) is 16.4. The van der Waals surface area contributed by atoms with Gasteiger partial charge in [0.2, 0.25) is 0 Å². The molecule has 3 aromatic rings. The van der Waals surface area contributed by atoms with Gasteiger partial charge in [-0.3, -0.25) is 4.79 Å². The Morgan fingerprint density at radius 3 is 2.48 bits per heavy atom. The second-order valence-electron chi connectivity index (χ2n) is 5.45. The molecule has 2 aromatic carbocycles. The van der Waals surface area contributed by atoms with Crippen LogP contribution in [-0.4, -0.2) is 17.0 Å². The summed E-state index contributed by atoms with van der Waals surface area (Å²) >= 11 is 0. The van der Waals surface area contributed by atoms with E-state index in [1.807, 2.05) is 30.3 Å². The molecular formula is C19H14O6. The summed E-state index contributed by atoms with van der Waals surface area (Å²) < 4.78 is 10.2. The predicted octanol–water partition coefficient (Wildman–Crippen LogP) is 2.78. The fourth-order valence-corrected chi connectivity index (χ4v) is 2.37. The molecule has 6 heteroatoms. The number of benzene rings is 2. The third-order valence-electron chi connectivity index (χ3n) is 3.62. The number of esters is 1. The lowest BCUT2D eigenvalue weighted by Gasteiger charge is -2.06. The summed E-state index contributed by atoms with van der Waals surface area (Å²) in [6, 6.07) is 15.4. The maximum Gasteiger partial charge on any atom is 0.351 e. The van der Waals surface area contributed by atoms with Crippen molar-refractivity contribution in [3.63, 3.8) is 0 Å². The molecule has 1 heterocycles. The quantitative estimate of drug-likeness (QED) is 0.568. The molecule has 0 aliphatic heterocycles. The Hall–Kier alpha value is -3.41. The van der Waals surface area contributed by atoms with E-state index in [4.69, 9.17) is 14.3 Å². The summed E-state index contributed by atoms with van der Waals surface area (Å²) in [7, 11) is 0. The highest BCUT2D eigenvalue weighted by Gasteiger charge is 2.13. The second kappa shape index (κ2) is 7.00. The number of carboxylic acids is 1. The average molecular weight is 338 g/mol. The van der Waals surface area contributed by atoms with Crippen molar-refractivity contribution in [3.8, 4) is 0 Å². The molecule has 0 aliphatic carbocycles. The van der Waals surface area contributed by atoms with Gasteiger partial charge in [0.05, 0.1) is 6.42 Å². The molecule has 3 rings (SSSR count). The molecule has 25 heavy (non-hydrogen) atoms. The summed E-state index contributed by atoms with van der Waals surface area (Å²) in [6.45, 7) is 0.185. The predicted molar refractivity (Wildman–Crippen MR) is 89.4 cm³/mol. The van der Waals surface area contributed by atoms with Crippen LogP contribution in [0.2, 0.25) is 0 Å².